The molecule has 0 fully saturated rings. The van der Waals surface area contributed by atoms with E-state index in [9.17, 15) is 0 Å². The van der Waals surface area contributed by atoms with Crippen molar-refractivity contribution in [2.45, 2.75) is 5.41 Å². The quantitative estimate of drug-likeness (QED) is 0.441. The van der Waals surface area contributed by atoms with E-state index in [0.29, 0.717) is 0 Å². The zero-order valence-electron chi connectivity index (χ0n) is 14.3. The van der Waals surface area contributed by atoms with Gasteiger partial charge in [-0.3, -0.25) is 4.99 Å². The molecule has 0 atom stereocenters. The van der Waals surface area contributed by atoms with Crippen LogP contribution in [0.3, 0.4) is 0 Å². The maximum atomic E-state index is 4.65. The SMILES string of the molecule is C=CN=C(C=C)C1(c2cccc(Br)c2)c2ccccc2-c2ccccc21. The predicted octanol–water partition coefficient (Wildman–Crippen LogP) is 6.53. The van der Waals surface area contributed by atoms with E-state index >= 15 is 0 Å². The third kappa shape index (κ3) is 2.26. The largest absolute Gasteiger partial charge is 0.260 e. The van der Waals surface area contributed by atoms with E-state index in [4.69, 9.17) is 0 Å². The van der Waals surface area contributed by atoms with Crippen molar-refractivity contribution in [1.29, 1.82) is 0 Å². The van der Waals surface area contributed by atoms with Crippen LogP contribution < -0.4 is 0 Å². The molecule has 126 valence electrons. The van der Waals surface area contributed by atoms with Crippen LogP contribution in [0.4, 0.5) is 0 Å². The molecule has 0 amide bonds. The summed E-state index contributed by atoms with van der Waals surface area (Å²) >= 11 is 3.64. The molecule has 3 aromatic carbocycles. The zero-order valence-corrected chi connectivity index (χ0v) is 15.9. The molecule has 1 nitrogen and oxygen atoms in total. The van der Waals surface area contributed by atoms with E-state index in [1.165, 1.54) is 22.3 Å². The van der Waals surface area contributed by atoms with Crippen molar-refractivity contribution in [2.75, 3.05) is 0 Å². The van der Waals surface area contributed by atoms with Crippen LogP contribution in [-0.4, -0.2) is 5.71 Å². The number of fused-ring (bicyclic) bond motifs is 3. The first-order valence-electron chi connectivity index (χ1n) is 8.50. The summed E-state index contributed by atoms with van der Waals surface area (Å²) in [6.07, 6.45) is 3.45. The number of halogens is 1. The van der Waals surface area contributed by atoms with Crippen LogP contribution in [0.25, 0.3) is 11.1 Å². The van der Waals surface area contributed by atoms with E-state index in [1.54, 1.807) is 6.20 Å². The molecule has 26 heavy (non-hydrogen) atoms. The Hall–Kier alpha value is -2.71. The lowest BCUT2D eigenvalue weighted by Gasteiger charge is -2.33. The fourth-order valence-electron chi connectivity index (χ4n) is 4.09. The third-order valence-electron chi connectivity index (χ3n) is 5.02. The second-order valence-corrected chi connectivity index (χ2v) is 7.17. The van der Waals surface area contributed by atoms with Crippen LogP contribution >= 0.6 is 15.9 Å². The van der Waals surface area contributed by atoms with Crippen LogP contribution in [0.1, 0.15) is 16.7 Å². The van der Waals surface area contributed by atoms with Crippen LogP contribution in [0, 0.1) is 0 Å². The minimum atomic E-state index is -0.507. The Labute approximate surface area is 162 Å². The van der Waals surface area contributed by atoms with E-state index in [1.807, 2.05) is 12.1 Å². The van der Waals surface area contributed by atoms with Gasteiger partial charge < -0.3 is 0 Å². The first-order valence-corrected chi connectivity index (χ1v) is 9.30. The highest BCUT2D eigenvalue weighted by atomic mass is 79.9. The molecule has 3 aromatic rings. The maximum Gasteiger partial charge on any atom is 0.0885 e. The number of hydrogen-bond donors (Lipinski definition) is 0. The van der Waals surface area contributed by atoms with Gasteiger partial charge in [0.15, 0.2) is 0 Å². The molecule has 1 aliphatic carbocycles. The highest BCUT2D eigenvalue weighted by Crippen LogP contribution is 2.53. The fourth-order valence-corrected chi connectivity index (χ4v) is 4.49. The minimum absolute atomic E-state index is 0.507. The monoisotopic (exact) mass is 399 g/mol. The van der Waals surface area contributed by atoms with Gasteiger partial charge in [-0.15, -0.1) is 0 Å². The van der Waals surface area contributed by atoms with Crippen LogP contribution in [-0.2, 0) is 5.41 Å². The molecule has 1 aliphatic rings. The molecule has 4 rings (SSSR count). The lowest BCUT2D eigenvalue weighted by Crippen LogP contribution is -2.35. The molecular weight excluding hydrogens is 382 g/mol. The first kappa shape index (κ1) is 16.7. The summed E-state index contributed by atoms with van der Waals surface area (Å²) in [5.41, 5.74) is 6.45. The highest BCUT2D eigenvalue weighted by molar-refractivity contribution is 9.10. The molecule has 0 aromatic heterocycles. The Morgan fingerprint density at radius 3 is 2.00 bits per heavy atom. The minimum Gasteiger partial charge on any atom is -0.260 e. The van der Waals surface area contributed by atoms with Crippen molar-refractivity contribution in [3.8, 4) is 11.1 Å². The molecule has 0 unspecified atom stereocenters. The second-order valence-electron chi connectivity index (χ2n) is 6.25. The Morgan fingerprint density at radius 2 is 1.46 bits per heavy atom. The number of nitrogens with zero attached hydrogens (tertiary/aromatic N) is 1. The summed E-state index contributed by atoms with van der Waals surface area (Å²) in [5, 5.41) is 0. The molecule has 0 saturated heterocycles. The van der Waals surface area contributed by atoms with Gasteiger partial charge >= 0.3 is 0 Å². The molecular formula is C24H18BrN. The van der Waals surface area contributed by atoms with Gasteiger partial charge in [0.05, 0.1) is 11.1 Å². The fraction of sp³-hybridized carbons (Fsp3) is 0.0417. The summed E-state index contributed by atoms with van der Waals surface area (Å²) in [6.45, 7) is 7.90. The summed E-state index contributed by atoms with van der Waals surface area (Å²) in [5.74, 6) is 0. The van der Waals surface area contributed by atoms with Gasteiger partial charge in [-0.1, -0.05) is 89.8 Å². The third-order valence-corrected chi connectivity index (χ3v) is 5.51. The Kier molecular flexibility index (Phi) is 4.21. The Balaban J connectivity index is 2.21. The van der Waals surface area contributed by atoms with E-state index in [2.05, 4.69) is 101 Å². The maximum absolute atomic E-state index is 4.65. The summed E-state index contributed by atoms with van der Waals surface area (Å²) in [6, 6.07) is 25.5. The normalized spacial score (nSPS) is 14.4. The van der Waals surface area contributed by atoms with E-state index in [0.717, 1.165) is 15.7 Å². The van der Waals surface area contributed by atoms with Crippen molar-refractivity contribution in [1.82, 2.24) is 0 Å². The van der Waals surface area contributed by atoms with Crippen molar-refractivity contribution >= 4 is 21.6 Å². The van der Waals surface area contributed by atoms with Crippen LogP contribution in [0.5, 0.6) is 0 Å². The molecule has 0 aliphatic heterocycles. The number of aliphatic imine (C=N–C) groups is 1. The van der Waals surface area contributed by atoms with Gasteiger partial charge in [0.1, 0.15) is 0 Å². The lowest BCUT2D eigenvalue weighted by atomic mass is 9.69. The van der Waals surface area contributed by atoms with Gasteiger partial charge in [0, 0.05) is 10.7 Å². The summed E-state index contributed by atoms with van der Waals surface area (Å²) < 4.78 is 1.04. The molecule has 0 saturated carbocycles. The number of hydrogen-bond acceptors (Lipinski definition) is 1. The predicted molar refractivity (Wildman–Crippen MR) is 114 cm³/mol. The molecule has 2 heteroatoms. The van der Waals surface area contributed by atoms with Crippen molar-refractivity contribution in [3.63, 3.8) is 0 Å². The Bertz CT molecular complexity index is 1000. The molecule has 0 radical (unpaired) electrons. The van der Waals surface area contributed by atoms with Crippen molar-refractivity contribution < 1.29 is 0 Å². The number of allylic oxidation sites excluding steroid dienone is 1. The van der Waals surface area contributed by atoms with Gasteiger partial charge in [-0.05, 0) is 46.0 Å². The van der Waals surface area contributed by atoms with Gasteiger partial charge in [0.25, 0.3) is 0 Å². The summed E-state index contributed by atoms with van der Waals surface area (Å²) in [7, 11) is 0. The van der Waals surface area contributed by atoms with E-state index < -0.39 is 5.41 Å². The standard InChI is InChI=1S/C24H18BrN/c1-3-23(26-4-2)24(17-10-9-11-18(25)16-17)21-14-7-5-12-19(21)20-13-6-8-15-22(20)24/h3-16H,1-2H2. The van der Waals surface area contributed by atoms with Gasteiger partial charge in [0.2, 0.25) is 0 Å². The topological polar surface area (TPSA) is 12.4 Å². The van der Waals surface area contributed by atoms with Gasteiger partial charge in [-0.25, -0.2) is 0 Å². The number of rotatable bonds is 4. The smallest absolute Gasteiger partial charge is 0.0885 e. The van der Waals surface area contributed by atoms with Gasteiger partial charge in [-0.2, -0.15) is 0 Å². The average molecular weight is 400 g/mol. The van der Waals surface area contributed by atoms with Crippen LogP contribution in [0.2, 0.25) is 0 Å². The molecule has 0 N–H and O–H groups in total. The molecule has 0 bridgehead atoms. The second kappa shape index (κ2) is 6.54. The Morgan fingerprint density at radius 1 is 0.846 bits per heavy atom. The lowest BCUT2D eigenvalue weighted by molar-refractivity contribution is 0.858. The van der Waals surface area contributed by atoms with Crippen molar-refractivity contribution in [3.05, 3.63) is 119 Å². The zero-order chi connectivity index (χ0) is 18.1. The molecule has 0 heterocycles. The molecule has 0 spiro atoms. The van der Waals surface area contributed by atoms with E-state index in [-0.39, 0.29) is 0 Å². The van der Waals surface area contributed by atoms with Crippen LogP contribution in [0.15, 0.2) is 108 Å². The van der Waals surface area contributed by atoms with Crippen molar-refractivity contribution in [2.24, 2.45) is 4.99 Å². The first-order chi connectivity index (χ1) is 12.7. The number of benzene rings is 3. The summed E-state index contributed by atoms with van der Waals surface area (Å²) in [4.78, 5) is 4.65. The average Bonchev–Trinajstić information content (AvgIpc) is 2.98. The highest BCUT2D eigenvalue weighted by Gasteiger charge is 2.47.